The van der Waals surface area contributed by atoms with Gasteiger partial charge in [-0.05, 0) is 47.0 Å². The van der Waals surface area contributed by atoms with Gasteiger partial charge in [-0.2, -0.15) is 0 Å². The number of ether oxygens (including phenoxy) is 1. The van der Waals surface area contributed by atoms with Crippen molar-refractivity contribution in [2.75, 3.05) is 25.6 Å². The highest BCUT2D eigenvalue weighted by molar-refractivity contribution is 9.10. The number of nitrogens with zero attached hydrogens (tertiary/aromatic N) is 1. The minimum absolute atomic E-state index is 0.538. The van der Waals surface area contributed by atoms with Gasteiger partial charge in [-0.3, -0.25) is 10.4 Å². The van der Waals surface area contributed by atoms with E-state index in [1.54, 1.807) is 7.11 Å². The molecule has 1 aromatic carbocycles. The Morgan fingerprint density at radius 1 is 1.50 bits per heavy atom. The fourth-order valence-corrected chi connectivity index (χ4v) is 1.96. The number of hydrogen-bond donors (Lipinski definition) is 3. The number of guanidine groups is 1. The van der Waals surface area contributed by atoms with Crippen LogP contribution in [-0.4, -0.2) is 26.2 Å². The van der Waals surface area contributed by atoms with Gasteiger partial charge in [0, 0.05) is 24.7 Å². The highest BCUT2D eigenvalue weighted by atomic mass is 79.9. The summed E-state index contributed by atoms with van der Waals surface area (Å²) >= 11 is 3.49. The lowest BCUT2D eigenvalue weighted by atomic mass is 10.2. The standard InChI is InChI=1S/C12H19BrN4O/c1-9-4-5-11(10(13)8-9)16-12(17-14)15-6-3-7-18-2/h4-5,8H,3,6-7,14H2,1-2H3,(H2,15,16,17). The molecule has 0 aliphatic rings. The molecule has 0 aliphatic carbocycles. The molecule has 1 rings (SSSR count). The van der Waals surface area contributed by atoms with E-state index in [2.05, 4.69) is 31.7 Å². The minimum Gasteiger partial charge on any atom is -0.385 e. The number of aryl methyl sites for hydroxylation is 1. The van der Waals surface area contributed by atoms with Crippen molar-refractivity contribution in [3.05, 3.63) is 28.2 Å². The van der Waals surface area contributed by atoms with Crippen molar-refractivity contribution >= 4 is 27.6 Å². The maximum absolute atomic E-state index is 5.43. The first-order valence-electron chi connectivity index (χ1n) is 5.70. The average Bonchev–Trinajstić information content (AvgIpc) is 2.35. The van der Waals surface area contributed by atoms with E-state index in [4.69, 9.17) is 10.6 Å². The van der Waals surface area contributed by atoms with Crippen LogP contribution in [0.4, 0.5) is 5.69 Å². The van der Waals surface area contributed by atoms with Crippen molar-refractivity contribution < 1.29 is 4.74 Å². The summed E-state index contributed by atoms with van der Waals surface area (Å²) in [4.78, 5) is 4.31. The molecule has 18 heavy (non-hydrogen) atoms. The maximum atomic E-state index is 5.43. The Hall–Kier alpha value is -1.11. The highest BCUT2D eigenvalue weighted by Crippen LogP contribution is 2.23. The Bertz CT molecular complexity index is 409. The van der Waals surface area contributed by atoms with Crippen molar-refractivity contribution in [1.82, 2.24) is 5.43 Å². The number of anilines is 1. The average molecular weight is 315 g/mol. The largest absolute Gasteiger partial charge is 0.385 e. The second kappa shape index (κ2) is 8.07. The summed E-state index contributed by atoms with van der Waals surface area (Å²) in [5.41, 5.74) is 4.65. The number of rotatable bonds is 5. The van der Waals surface area contributed by atoms with Crippen LogP contribution in [0.15, 0.2) is 27.7 Å². The molecular weight excluding hydrogens is 296 g/mol. The molecule has 6 heteroatoms. The van der Waals surface area contributed by atoms with Gasteiger partial charge in [-0.15, -0.1) is 0 Å². The fourth-order valence-electron chi connectivity index (χ4n) is 1.37. The zero-order chi connectivity index (χ0) is 13.4. The van der Waals surface area contributed by atoms with Gasteiger partial charge in [0.15, 0.2) is 0 Å². The molecule has 5 nitrogen and oxygen atoms in total. The number of halogens is 1. The Morgan fingerprint density at radius 2 is 2.28 bits per heavy atom. The lowest BCUT2D eigenvalue weighted by Gasteiger charge is -2.11. The molecule has 0 aliphatic heterocycles. The maximum Gasteiger partial charge on any atom is 0.210 e. The zero-order valence-electron chi connectivity index (χ0n) is 10.7. The van der Waals surface area contributed by atoms with Crippen molar-refractivity contribution in [1.29, 1.82) is 0 Å². The molecule has 0 atom stereocenters. The second-order valence-corrected chi connectivity index (χ2v) is 4.68. The smallest absolute Gasteiger partial charge is 0.210 e. The van der Waals surface area contributed by atoms with Gasteiger partial charge in [-0.1, -0.05) is 6.07 Å². The van der Waals surface area contributed by atoms with Crippen LogP contribution in [0.2, 0.25) is 0 Å². The number of methoxy groups -OCH3 is 1. The summed E-state index contributed by atoms with van der Waals surface area (Å²) in [5.74, 6) is 5.96. The first-order valence-corrected chi connectivity index (χ1v) is 6.50. The third-order valence-electron chi connectivity index (χ3n) is 2.29. The molecular formula is C12H19BrN4O. The van der Waals surface area contributed by atoms with Gasteiger partial charge in [0.1, 0.15) is 0 Å². The zero-order valence-corrected chi connectivity index (χ0v) is 12.3. The van der Waals surface area contributed by atoms with E-state index in [9.17, 15) is 0 Å². The molecule has 0 saturated heterocycles. The fraction of sp³-hybridized carbons (Fsp3) is 0.417. The molecule has 0 saturated carbocycles. The highest BCUT2D eigenvalue weighted by Gasteiger charge is 2.02. The molecule has 0 spiro atoms. The minimum atomic E-state index is 0.538. The number of hydrogen-bond acceptors (Lipinski definition) is 3. The molecule has 0 unspecified atom stereocenters. The van der Waals surface area contributed by atoms with Gasteiger partial charge in [0.05, 0.1) is 5.69 Å². The topological polar surface area (TPSA) is 71.7 Å². The first-order chi connectivity index (χ1) is 8.67. The van der Waals surface area contributed by atoms with Gasteiger partial charge in [0.2, 0.25) is 5.96 Å². The Morgan fingerprint density at radius 3 is 2.89 bits per heavy atom. The molecule has 0 radical (unpaired) electrons. The Balaban J connectivity index is 2.61. The molecule has 0 heterocycles. The summed E-state index contributed by atoms with van der Waals surface area (Å²) in [7, 11) is 1.67. The normalized spacial score (nSPS) is 11.4. The van der Waals surface area contributed by atoms with Crippen molar-refractivity contribution in [2.45, 2.75) is 13.3 Å². The van der Waals surface area contributed by atoms with Crippen LogP contribution in [0.5, 0.6) is 0 Å². The van der Waals surface area contributed by atoms with E-state index < -0.39 is 0 Å². The van der Waals surface area contributed by atoms with Gasteiger partial charge in [-0.25, -0.2) is 5.84 Å². The SMILES string of the molecule is COCCCN=C(NN)Nc1ccc(C)cc1Br. The van der Waals surface area contributed by atoms with Crippen molar-refractivity contribution in [3.8, 4) is 0 Å². The van der Waals surface area contributed by atoms with Crippen LogP contribution in [-0.2, 0) is 4.74 Å². The lowest BCUT2D eigenvalue weighted by Crippen LogP contribution is -2.36. The predicted octanol–water partition coefficient (Wildman–Crippen LogP) is 2.03. The molecule has 0 amide bonds. The quantitative estimate of drug-likeness (QED) is 0.256. The summed E-state index contributed by atoms with van der Waals surface area (Å²) in [5, 5.41) is 3.13. The molecule has 100 valence electrons. The summed E-state index contributed by atoms with van der Waals surface area (Å²) in [6.07, 6.45) is 0.860. The van der Waals surface area contributed by atoms with E-state index in [1.807, 2.05) is 25.1 Å². The number of hydrazine groups is 1. The van der Waals surface area contributed by atoms with E-state index in [0.717, 1.165) is 16.6 Å². The third kappa shape index (κ3) is 5.03. The van der Waals surface area contributed by atoms with Crippen molar-refractivity contribution in [3.63, 3.8) is 0 Å². The number of nitrogens with two attached hydrogens (primary N) is 1. The first kappa shape index (κ1) is 14.9. The van der Waals surface area contributed by atoms with Gasteiger partial charge in [0.25, 0.3) is 0 Å². The molecule has 1 aromatic rings. The van der Waals surface area contributed by atoms with Gasteiger partial charge >= 0.3 is 0 Å². The van der Waals surface area contributed by atoms with E-state index in [-0.39, 0.29) is 0 Å². The summed E-state index contributed by atoms with van der Waals surface area (Å²) in [6.45, 7) is 3.38. The monoisotopic (exact) mass is 314 g/mol. The second-order valence-electron chi connectivity index (χ2n) is 3.83. The van der Waals surface area contributed by atoms with Crippen molar-refractivity contribution in [2.24, 2.45) is 10.8 Å². The van der Waals surface area contributed by atoms with E-state index >= 15 is 0 Å². The Kier molecular flexibility index (Phi) is 6.70. The van der Waals surface area contributed by atoms with Crippen LogP contribution in [0, 0.1) is 6.92 Å². The van der Waals surface area contributed by atoms with E-state index in [1.165, 1.54) is 5.56 Å². The predicted molar refractivity (Wildman–Crippen MR) is 78.6 cm³/mol. The van der Waals surface area contributed by atoms with E-state index in [0.29, 0.717) is 19.1 Å². The summed E-state index contributed by atoms with van der Waals surface area (Å²) in [6, 6.07) is 6.02. The molecule has 0 aromatic heterocycles. The number of nitrogens with one attached hydrogen (secondary N) is 2. The lowest BCUT2D eigenvalue weighted by molar-refractivity contribution is 0.197. The van der Waals surface area contributed by atoms with Crippen LogP contribution in [0.25, 0.3) is 0 Å². The third-order valence-corrected chi connectivity index (χ3v) is 2.95. The van der Waals surface area contributed by atoms with Gasteiger partial charge < -0.3 is 10.1 Å². The van der Waals surface area contributed by atoms with Crippen LogP contribution in [0.1, 0.15) is 12.0 Å². The molecule has 4 N–H and O–H groups in total. The number of benzene rings is 1. The molecule has 0 fully saturated rings. The summed E-state index contributed by atoms with van der Waals surface area (Å²) < 4.78 is 5.93. The number of aliphatic imine (C=N–C) groups is 1. The van der Waals surface area contributed by atoms with Crippen LogP contribution >= 0.6 is 15.9 Å². The Labute approximate surface area is 116 Å². The molecule has 0 bridgehead atoms. The van der Waals surface area contributed by atoms with Crippen LogP contribution in [0.3, 0.4) is 0 Å². The van der Waals surface area contributed by atoms with Crippen LogP contribution < -0.4 is 16.6 Å².